The first-order valence-electron chi connectivity index (χ1n) is 5.36. The van der Waals surface area contributed by atoms with E-state index in [2.05, 4.69) is 5.16 Å². The Hall–Kier alpha value is -1.62. The van der Waals surface area contributed by atoms with Gasteiger partial charge < -0.3 is 9.94 Å². The van der Waals surface area contributed by atoms with Gasteiger partial charge >= 0.3 is 5.97 Å². The van der Waals surface area contributed by atoms with Gasteiger partial charge in [-0.15, -0.1) is 0 Å². The third kappa shape index (κ3) is 4.21. The minimum atomic E-state index is -0.563. The zero-order valence-corrected chi connectivity index (χ0v) is 12.5. The summed E-state index contributed by atoms with van der Waals surface area (Å²) in [5.74, 6) is -0.684. The van der Waals surface area contributed by atoms with E-state index in [0.717, 1.165) is 0 Å². The molecule has 4 nitrogen and oxygen atoms in total. The molecule has 0 bridgehead atoms. The monoisotopic (exact) mass is 264 g/mol. The molecule has 0 spiro atoms. The fraction of sp³-hybridized carbons (Fsp3) is 0. The molecule has 5 heteroatoms. The third-order valence-corrected chi connectivity index (χ3v) is 2.31. The van der Waals surface area contributed by atoms with Crippen LogP contribution < -0.4 is 0 Å². The molecular formula is C14H11NNaO3. The molecule has 0 unspecified atom stereocenters. The Morgan fingerprint density at radius 3 is 1.84 bits per heavy atom. The summed E-state index contributed by atoms with van der Waals surface area (Å²) in [6.07, 6.45) is 0. The maximum Gasteiger partial charge on any atom is 0.344 e. The van der Waals surface area contributed by atoms with Crippen molar-refractivity contribution in [2.75, 3.05) is 0 Å². The Labute approximate surface area is 133 Å². The van der Waals surface area contributed by atoms with Crippen molar-refractivity contribution in [2.45, 2.75) is 0 Å². The molecule has 2 aromatic carbocycles. The second kappa shape index (κ2) is 7.74. The topological polar surface area (TPSA) is 58.9 Å². The Kier molecular flexibility index (Phi) is 6.29. The van der Waals surface area contributed by atoms with Gasteiger partial charge in [-0.05, 0) is 29.4 Å². The number of carbonyl (C=O) groups is 1. The van der Waals surface area contributed by atoms with E-state index in [0.29, 0.717) is 11.1 Å². The van der Waals surface area contributed by atoms with Crippen LogP contribution in [0.15, 0.2) is 65.8 Å². The number of nitrogens with zero attached hydrogens (tertiary/aromatic N) is 1. The molecule has 0 fully saturated rings. The predicted octanol–water partition coefficient (Wildman–Crippen LogP) is 2.30. The van der Waals surface area contributed by atoms with E-state index >= 15 is 0 Å². The Bertz CT molecular complexity index is 555. The average Bonchev–Trinajstić information content (AvgIpc) is 2.46. The minimum Gasteiger partial charge on any atom is -0.408 e. The van der Waals surface area contributed by atoms with Gasteiger partial charge in [-0.25, -0.2) is 4.79 Å². The van der Waals surface area contributed by atoms with E-state index in [1.54, 1.807) is 54.6 Å². The molecule has 2 aromatic rings. The van der Waals surface area contributed by atoms with Crippen LogP contribution in [0.2, 0.25) is 0 Å². The number of esters is 1. The average molecular weight is 264 g/mol. The smallest absolute Gasteiger partial charge is 0.344 e. The predicted molar refractivity (Wildman–Crippen MR) is 72.4 cm³/mol. The summed E-state index contributed by atoms with van der Waals surface area (Å²) in [4.78, 5) is 11.8. The zero-order chi connectivity index (χ0) is 12.8. The molecule has 0 amide bonds. The summed E-state index contributed by atoms with van der Waals surface area (Å²) in [5.41, 5.74) is 0.930. The van der Waals surface area contributed by atoms with Crippen molar-refractivity contribution >= 4 is 41.4 Å². The summed E-state index contributed by atoms with van der Waals surface area (Å²) in [5, 5.41) is 11.9. The standard InChI is InChI=1S/C14H11NO3.Na/c16-14(12-9-5-2-6-10-12)18-13(15-17)11-7-3-1-4-8-11;/h1-10,17H;. The fourth-order valence-electron chi connectivity index (χ4n) is 1.44. The van der Waals surface area contributed by atoms with Crippen LogP contribution in [0.4, 0.5) is 0 Å². The maximum absolute atomic E-state index is 11.8. The number of oxime groups is 1. The normalized spacial score (nSPS) is 10.4. The van der Waals surface area contributed by atoms with Crippen LogP contribution in [0.25, 0.3) is 0 Å². The van der Waals surface area contributed by atoms with Crippen LogP contribution in [0.1, 0.15) is 15.9 Å². The van der Waals surface area contributed by atoms with Crippen LogP contribution in [-0.4, -0.2) is 46.6 Å². The van der Waals surface area contributed by atoms with Crippen LogP contribution in [0, 0.1) is 0 Å². The summed E-state index contributed by atoms with van der Waals surface area (Å²) in [7, 11) is 0. The second-order valence-electron chi connectivity index (χ2n) is 3.53. The minimum absolute atomic E-state index is 0. The van der Waals surface area contributed by atoms with Crippen LogP contribution >= 0.6 is 0 Å². The largest absolute Gasteiger partial charge is 0.408 e. The number of ether oxygens (including phenoxy) is 1. The van der Waals surface area contributed by atoms with Gasteiger partial charge in [0, 0.05) is 35.1 Å². The van der Waals surface area contributed by atoms with Gasteiger partial charge in [0.1, 0.15) is 0 Å². The second-order valence-corrected chi connectivity index (χ2v) is 3.53. The van der Waals surface area contributed by atoms with Gasteiger partial charge in [0.15, 0.2) is 0 Å². The van der Waals surface area contributed by atoms with Crippen LogP contribution in [0.3, 0.4) is 0 Å². The van der Waals surface area contributed by atoms with Gasteiger partial charge in [0.05, 0.1) is 5.56 Å². The van der Waals surface area contributed by atoms with Crippen molar-refractivity contribution in [2.24, 2.45) is 5.16 Å². The van der Waals surface area contributed by atoms with Crippen molar-refractivity contribution in [1.29, 1.82) is 0 Å². The van der Waals surface area contributed by atoms with Gasteiger partial charge in [-0.2, -0.15) is 0 Å². The first kappa shape index (κ1) is 15.4. The summed E-state index contributed by atoms with van der Waals surface area (Å²) < 4.78 is 5.03. The molecule has 0 aromatic heterocycles. The molecule has 0 aliphatic heterocycles. The van der Waals surface area contributed by atoms with E-state index in [1.165, 1.54) is 0 Å². The summed E-state index contributed by atoms with van der Waals surface area (Å²) in [6, 6.07) is 17.2. The van der Waals surface area contributed by atoms with Crippen molar-refractivity contribution in [1.82, 2.24) is 0 Å². The molecule has 0 aliphatic carbocycles. The van der Waals surface area contributed by atoms with Crippen molar-refractivity contribution in [3.63, 3.8) is 0 Å². The number of hydrogen-bond donors (Lipinski definition) is 1. The molecule has 19 heavy (non-hydrogen) atoms. The zero-order valence-electron chi connectivity index (χ0n) is 10.5. The van der Waals surface area contributed by atoms with E-state index < -0.39 is 5.97 Å². The molecule has 91 valence electrons. The molecule has 0 atom stereocenters. The number of benzene rings is 2. The Morgan fingerprint density at radius 1 is 0.895 bits per heavy atom. The number of rotatable bonds is 2. The fourth-order valence-corrected chi connectivity index (χ4v) is 1.44. The first-order valence-corrected chi connectivity index (χ1v) is 5.36. The third-order valence-electron chi connectivity index (χ3n) is 2.31. The Morgan fingerprint density at radius 2 is 1.37 bits per heavy atom. The quantitative estimate of drug-likeness (QED) is 0.226. The van der Waals surface area contributed by atoms with Crippen molar-refractivity contribution < 1.29 is 14.7 Å². The van der Waals surface area contributed by atoms with Crippen LogP contribution in [0.5, 0.6) is 0 Å². The van der Waals surface area contributed by atoms with E-state index in [1.807, 2.05) is 6.07 Å². The van der Waals surface area contributed by atoms with E-state index in [-0.39, 0.29) is 35.5 Å². The first-order chi connectivity index (χ1) is 8.81. The van der Waals surface area contributed by atoms with Gasteiger partial charge in [0.2, 0.25) is 0 Å². The van der Waals surface area contributed by atoms with Crippen LogP contribution in [-0.2, 0) is 4.74 Å². The number of hydrogen-bond acceptors (Lipinski definition) is 4. The van der Waals surface area contributed by atoms with Gasteiger partial charge in [0.25, 0.3) is 5.90 Å². The molecule has 1 N–H and O–H groups in total. The van der Waals surface area contributed by atoms with Gasteiger partial charge in [-0.3, -0.25) is 0 Å². The maximum atomic E-state index is 11.8. The molecule has 0 saturated carbocycles. The Balaban J connectivity index is 0.00000180. The number of carbonyl (C=O) groups excluding carboxylic acids is 1. The van der Waals surface area contributed by atoms with Gasteiger partial charge in [-0.1, -0.05) is 36.4 Å². The van der Waals surface area contributed by atoms with E-state index in [4.69, 9.17) is 9.94 Å². The van der Waals surface area contributed by atoms with E-state index in [9.17, 15) is 4.79 Å². The molecule has 0 saturated heterocycles. The molecular weight excluding hydrogens is 253 g/mol. The molecule has 0 aliphatic rings. The molecule has 2 rings (SSSR count). The summed E-state index contributed by atoms with van der Waals surface area (Å²) in [6.45, 7) is 0. The van der Waals surface area contributed by atoms with Crippen molar-refractivity contribution in [3.8, 4) is 0 Å². The summed E-state index contributed by atoms with van der Waals surface area (Å²) >= 11 is 0. The molecule has 1 radical (unpaired) electrons. The SMILES string of the molecule is O=C(OC(=NO)c1ccccc1)c1ccccc1.[Na]. The van der Waals surface area contributed by atoms with Crippen molar-refractivity contribution in [3.05, 3.63) is 71.8 Å². The molecule has 0 heterocycles.